The van der Waals surface area contributed by atoms with E-state index in [-0.39, 0.29) is 0 Å². The Bertz CT molecular complexity index is 1060. The molecule has 2 aromatic carbocycles. The maximum absolute atomic E-state index is 9.18. The van der Waals surface area contributed by atoms with Crippen LogP contribution in [0.2, 0.25) is 0 Å². The number of nitrogens with zero attached hydrogens (tertiary/aromatic N) is 4. The number of benzene rings is 2. The average molecular weight is 369 g/mol. The van der Waals surface area contributed by atoms with Gasteiger partial charge in [0.05, 0.1) is 15.7 Å². The fraction of sp³-hybridized carbons (Fsp3) is 0.118. The number of hydrogen-bond donors (Lipinski definition) is 2. The highest BCUT2D eigenvalue weighted by Gasteiger charge is 2.11. The molecule has 0 bridgehead atoms. The number of anilines is 3. The highest BCUT2D eigenvalue weighted by Crippen LogP contribution is 2.33. The van der Waals surface area contributed by atoms with E-state index in [0.717, 1.165) is 36.8 Å². The monoisotopic (exact) mass is 369 g/mol. The van der Waals surface area contributed by atoms with Gasteiger partial charge in [-0.3, -0.25) is 0 Å². The molecule has 0 atom stereocenters. The molecule has 2 heterocycles. The Morgan fingerprint density at radius 2 is 2.04 bits per heavy atom. The first-order chi connectivity index (χ1) is 12.1. The van der Waals surface area contributed by atoms with Crippen LogP contribution in [0.4, 0.5) is 16.8 Å². The van der Waals surface area contributed by atoms with Crippen LogP contribution < -0.4 is 10.2 Å². The summed E-state index contributed by atoms with van der Waals surface area (Å²) in [6.07, 6.45) is 1.81. The topological polar surface area (TPSA) is 74.2 Å². The third-order valence-electron chi connectivity index (χ3n) is 3.67. The van der Waals surface area contributed by atoms with Crippen molar-refractivity contribution in [1.82, 2.24) is 15.0 Å². The van der Waals surface area contributed by atoms with Crippen molar-refractivity contribution in [2.45, 2.75) is 4.90 Å². The summed E-state index contributed by atoms with van der Waals surface area (Å²) in [6, 6.07) is 11.4. The lowest BCUT2D eigenvalue weighted by Gasteiger charge is -2.07. The third-order valence-corrected chi connectivity index (χ3v) is 5.38. The van der Waals surface area contributed by atoms with Crippen LogP contribution in [-0.4, -0.2) is 33.6 Å². The lowest BCUT2D eigenvalue weighted by atomic mass is 10.2. The predicted octanol–water partition coefficient (Wildman–Crippen LogP) is 4.61. The quantitative estimate of drug-likeness (QED) is 0.509. The molecule has 0 radical (unpaired) electrons. The molecule has 6 nitrogen and oxygen atoms in total. The molecular weight excluding hydrogens is 354 g/mol. The summed E-state index contributed by atoms with van der Waals surface area (Å²) in [6.45, 7) is 0. The Morgan fingerprint density at radius 3 is 2.84 bits per heavy atom. The van der Waals surface area contributed by atoms with Gasteiger partial charge < -0.3 is 14.8 Å². The van der Waals surface area contributed by atoms with Crippen molar-refractivity contribution in [3.63, 3.8) is 0 Å². The van der Waals surface area contributed by atoms with E-state index in [1.165, 1.54) is 0 Å². The SMILES string of the molecule is CN(C)c1nc2ccc3cnc(Nc4cccc(SO)c4)nc3c2s1. The van der Waals surface area contributed by atoms with Gasteiger partial charge >= 0.3 is 0 Å². The highest BCUT2D eigenvalue weighted by molar-refractivity contribution is 7.93. The zero-order valence-corrected chi connectivity index (χ0v) is 15.2. The van der Waals surface area contributed by atoms with Crippen LogP contribution in [0.15, 0.2) is 47.5 Å². The van der Waals surface area contributed by atoms with E-state index in [1.807, 2.05) is 61.6 Å². The van der Waals surface area contributed by atoms with Crippen molar-refractivity contribution >= 4 is 61.3 Å². The van der Waals surface area contributed by atoms with Crippen molar-refractivity contribution in [2.75, 3.05) is 24.3 Å². The second kappa shape index (κ2) is 6.47. The Balaban J connectivity index is 1.78. The van der Waals surface area contributed by atoms with Crippen LogP contribution >= 0.6 is 23.4 Å². The second-order valence-corrected chi connectivity index (χ2v) is 7.31. The lowest BCUT2D eigenvalue weighted by Crippen LogP contribution is -2.07. The van der Waals surface area contributed by atoms with E-state index in [2.05, 4.69) is 20.3 Å². The smallest absolute Gasteiger partial charge is 0.227 e. The normalized spacial score (nSPS) is 11.2. The number of fused-ring (bicyclic) bond motifs is 3. The molecule has 8 heteroatoms. The van der Waals surface area contributed by atoms with Gasteiger partial charge in [-0.2, -0.15) is 0 Å². The maximum atomic E-state index is 9.18. The summed E-state index contributed by atoms with van der Waals surface area (Å²) in [4.78, 5) is 16.5. The van der Waals surface area contributed by atoms with E-state index >= 15 is 0 Å². The van der Waals surface area contributed by atoms with E-state index < -0.39 is 0 Å². The van der Waals surface area contributed by atoms with E-state index in [0.29, 0.717) is 18.0 Å². The minimum Gasteiger partial charge on any atom is -0.354 e. The van der Waals surface area contributed by atoms with Gasteiger partial charge in [0.2, 0.25) is 5.95 Å². The Morgan fingerprint density at radius 1 is 1.16 bits per heavy atom. The van der Waals surface area contributed by atoms with Gasteiger partial charge in [0.15, 0.2) is 5.13 Å². The lowest BCUT2D eigenvalue weighted by molar-refractivity contribution is 0.664. The van der Waals surface area contributed by atoms with Crippen LogP contribution in [0.1, 0.15) is 0 Å². The largest absolute Gasteiger partial charge is 0.354 e. The first-order valence-corrected chi connectivity index (χ1v) is 9.15. The number of rotatable bonds is 4. The second-order valence-electron chi connectivity index (χ2n) is 5.68. The van der Waals surface area contributed by atoms with Gasteiger partial charge in [0.25, 0.3) is 0 Å². The van der Waals surface area contributed by atoms with Gasteiger partial charge in [-0.15, -0.1) is 0 Å². The molecule has 0 aliphatic rings. The Hall–Kier alpha value is -2.42. The van der Waals surface area contributed by atoms with Gasteiger partial charge in [0, 0.05) is 48.3 Å². The summed E-state index contributed by atoms with van der Waals surface area (Å²) in [5.74, 6) is 0.514. The maximum Gasteiger partial charge on any atom is 0.227 e. The first kappa shape index (κ1) is 16.1. The van der Waals surface area contributed by atoms with Crippen molar-refractivity contribution in [3.05, 3.63) is 42.6 Å². The van der Waals surface area contributed by atoms with Gasteiger partial charge in [-0.25, -0.2) is 15.0 Å². The van der Waals surface area contributed by atoms with E-state index in [4.69, 9.17) is 0 Å². The first-order valence-electron chi connectivity index (χ1n) is 7.56. The van der Waals surface area contributed by atoms with Crippen LogP contribution in [-0.2, 0) is 0 Å². The number of aromatic nitrogens is 3. The molecule has 0 aliphatic heterocycles. The molecule has 0 unspecified atom stereocenters. The molecule has 0 aliphatic carbocycles. The van der Waals surface area contributed by atoms with Crippen LogP contribution in [0.25, 0.3) is 21.1 Å². The molecule has 0 spiro atoms. The molecule has 2 N–H and O–H groups in total. The van der Waals surface area contributed by atoms with Crippen molar-refractivity contribution in [3.8, 4) is 0 Å². The number of thiazole rings is 1. The highest BCUT2D eigenvalue weighted by atomic mass is 32.2. The van der Waals surface area contributed by atoms with Crippen molar-refractivity contribution in [1.29, 1.82) is 0 Å². The van der Waals surface area contributed by atoms with E-state index in [9.17, 15) is 4.55 Å². The molecule has 0 saturated carbocycles. The summed E-state index contributed by atoms with van der Waals surface area (Å²) >= 11 is 2.33. The Kier molecular flexibility index (Phi) is 4.16. The number of hydrogen-bond acceptors (Lipinski definition) is 8. The molecule has 126 valence electrons. The van der Waals surface area contributed by atoms with Crippen molar-refractivity contribution < 1.29 is 4.55 Å². The fourth-order valence-corrected chi connectivity index (χ4v) is 3.78. The molecule has 2 aromatic heterocycles. The summed E-state index contributed by atoms with van der Waals surface area (Å²) in [7, 11) is 3.96. The minimum atomic E-state index is 0.514. The van der Waals surface area contributed by atoms with Crippen LogP contribution in [0.5, 0.6) is 0 Å². The Labute approximate surface area is 152 Å². The zero-order chi connectivity index (χ0) is 17.4. The molecule has 0 saturated heterocycles. The zero-order valence-electron chi connectivity index (χ0n) is 13.6. The summed E-state index contributed by atoms with van der Waals surface area (Å²) in [5.41, 5.74) is 2.64. The predicted molar refractivity (Wildman–Crippen MR) is 105 cm³/mol. The van der Waals surface area contributed by atoms with Crippen molar-refractivity contribution in [2.24, 2.45) is 0 Å². The molecule has 0 amide bonds. The molecule has 0 fully saturated rings. The molecule has 4 aromatic rings. The van der Waals surface area contributed by atoms with Gasteiger partial charge in [-0.1, -0.05) is 17.4 Å². The van der Waals surface area contributed by atoms with Gasteiger partial charge in [0.1, 0.15) is 0 Å². The van der Waals surface area contributed by atoms with Crippen LogP contribution in [0, 0.1) is 0 Å². The fourth-order valence-electron chi connectivity index (χ4n) is 2.48. The number of nitrogens with one attached hydrogen (secondary N) is 1. The molecular formula is C17H15N5OS2. The molecule has 25 heavy (non-hydrogen) atoms. The van der Waals surface area contributed by atoms with E-state index in [1.54, 1.807) is 11.3 Å². The van der Waals surface area contributed by atoms with Crippen LogP contribution in [0.3, 0.4) is 0 Å². The standard InChI is InChI=1S/C17H15N5OS2/c1-22(2)17-20-13-7-6-10-9-18-16(21-14(10)15(13)24-17)19-11-4-3-5-12(8-11)25-23/h3-9,23H,1-2H3,(H,18,19,21). The third kappa shape index (κ3) is 3.11. The van der Waals surface area contributed by atoms with Gasteiger partial charge in [-0.05, 0) is 30.3 Å². The average Bonchev–Trinajstić information content (AvgIpc) is 3.07. The molecule has 4 rings (SSSR count). The summed E-state index contributed by atoms with van der Waals surface area (Å²) in [5, 5.41) is 5.12. The minimum absolute atomic E-state index is 0.514. The summed E-state index contributed by atoms with van der Waals surface area (Å²) < 4.78 is 10.2.